The minimum atomic E-state index is 0.438. The van der Waals surface area contributed by atoms with Gasteiger partial charge in [0.1, 0.15) is 5.75 Å². The van der Waals surface area contributed by atoms with E-state index in [1.165, 1.54) is 37.7 Å². The van der Waals surface area contributed by atoms with Crippen molar-refractivity contribution >= 4 is 15.9 Å². The van der Waals surface area contributed by atoms with Crippen LogP contribution in [0.5, 0.6) is 5.75 Å². The normalized spacial score (nSPS) is 24.8. The summed E-state index contributed by atoms with van der Waals surface area (Å²) in [4.78, 5) is 0. The van der Waals surface area contributed by atoms with Crippen molar-refractivity contribution in [2.24, 2.45) is 5.92 Å². The molecule has 20 heavy (non-hydrogen) atoms. The van der Waals surface area contributed by atoms with Crippen LogP contribution in [0.2, 0.25) is 0 Å². The van der Waals surface area contributed by atoms with Crippen molar-refractivity contribution < 1.29 is 4.74 Å². The van der Waals surface area contributed by atoms with Gasteiger partial charge in [0.15, 0.2) is 0 Å². The molecule has 0 saturated heterocycles. The molecule has 1 N–H and O–H groups in total. The fraction of sp³-hybridized carbons (Fsp3) is 0.647. The van der Waals surface area contributed by atoms with Crippen molar-refractivity contribution in [3.05, 3.63) is 28.2 Å². The summed E-state index contributed by atoms with van der Waals surface area (Å²) in [5.74, 6) is 1.90. The maximum absolute atomic E-state index is 5.77. The van der Waals surface area contributed by atoms with Crippen LogP contribution in [0.3, 0.4) is 0 Å². The first-order valence-corrected chi connectivity index (χ1v) is 8.71. The van der Waals surface area contributed by atoms with E-state index < -0.39 is 0 Å². The second-order valence-electron chi connectivity index (χ2n) is 6.23. The minimum Gasteiger partial charge on any atom is -0.493 e. The molecule has 2 aliphatic rings. The molecule has 1 saturated carbocycles. The molecule has 2 atom stereocenters. The second kappa shape index (κ2) is 6.48. The van der Waals surface area contributed by atoms with Crippen LogP contribution in [-0.4, -0.2) is 12.6 Å². The van der Waals surface area contributed by atoms with Gasteiger partial charge in [-0.3, -0.25) is 0 Å². The van der Waals surface area contributed by atoms with Crippen LogP contribution >= 0.6 is 15.9 Å². The average molecular weight is 338 g/mol. The zero-order valence-electron chi connectivity index (χ0n) is 12.2. The van der Waals surface area contributed by atoms with E-state index in [9.17, 15) is 0 Å². The van der Waals surface area contributed by atoms with Gasteiger partial charge in [-0.1, -0.05) is 35.2 Å². The molecule has 1 aliphatic carbocycles. The van der Waals surface area contributed by atoms with Crippen LogP contribution < -0.4 is 10.1 Å². The Hall–Kier alpha value is -0.540. The highest BCUT2D eigenvalue weighted by molar-refractivity contribution is 9.10. The lowest BCUT2D eigenvalue weighted by atomic mass is 9.84. The van der Waals surface area contributed by atoms with Gasteiger partial charge in [0, 0.05) is 28.5 Å². The van der Waals surface area contributed by atoms with E-state index in [-0.39, 0.29) is 0 Å². The van der Waals surface area contributed by atoms with E-state index >= 15 is 0 Å². The minimum absolute atomic E-state index is 0.438. The molecule has 1 fully saturated rings. The topological polar surface area (TPSA) is 21.3 Å². The van der Waals surface area contributed by atoms with Gasteiger partial charge in [0.05, 0.1) is 6.61 Å². The first kappa shape index (κ1) is 14.4. The fourth-order valence-corrected chi connectivity index (χ4v) is 4.00. The maximum atomic E-state index is 5.77. The van der Waals surface area contributed by atoms with Crippen molar-refractivity contribution in [3.63, 3.8) is 0 Å². The summed E-state index contributed by atoms with van der Waals surface area (Å²) in [6.07, 6.45) is 8.10. The van der Waals surface area contributed by atoms with Crippen LogP contribution in [0.1, 0.15) is 57.1 Å². The number of fused-ring (bicyclic) bond motifs is 1. The Bertz CT molecular complexity index is 456. The van der Waals surface area contributed by atoms with Crippen LogP contribution in [0.25, 0.3) is 0 Å². The predicted molar refractivity (Wildman–Crippen MR) is 86.2 cm³/mol. The van der Waals surface area contributed by atoms with Crippen LogP contribution in [0, 0.1) is 5.92 Å². The van der Waals surface area contributed by atoms with Crippen LogP contribution in [-0.2, 0) is 0 Å². The van der Waals surface area contributed by atoms with E-state index in [0.717, 1.165) is 29.2 Å². The molecule has 1 aromatic rings. The largest absolute Gasteiger partial charge is 0.493 e. The SMILES string of the molecule is CC(NC1CCOc2ccc(Br)cc21)C1CCCCC1. The molecule has 110 valence electrons. The zero-order valence-corrected chi connectivity index (χ0v) is 13.8. The molecule has 3 heteroatoms. The monoisotopic (exact) mass is 337 g/mol. The highest BCUT2D eigenvalue weighted by atomic mass is 79.9. The molecule has 0 bridgehead atoms. The van der Waals surface area contributed by atoms with E-state index in [4.69, 9.17) is 4.74 Å². The van der Waals surface area contributed by atoms with Crippen molar-refractivity contribution in [1.82, 2.24) is 5.32 Å². The summed E-state index contributed by atoms with van der Waals surface area (Å²) in [6.45, 7) is 3.19. The van der Waals surface area contributed by atoms with Gasteiger partial charge < -0.3 is 10.1 Å². The van der Waals surface area contributed by atoms with E-state index in [1.54, 1.807) is 0 Å². The molecule has 0 aromatic heterocycles. The summed E-state index contributed by atoms with van der Waals surface area (Å²) >= 11 is 3.58. The first-order chi connectivity index (χ1) is 9.74. The molecule has 1 heterocycles. The van der Waals surface area contributed by atoms with Gasteiger partial charge in [-0.2, -0.15) is 0 Å². The predicted octanol–water partition coefficient (Wildman–Crippen LogP) is 4.83. The Kier molecular flexibility index (Phi) is 4.67. The molecular formula is C17H24BrNO. The van der Waals surface area contributed by atoms with E-state index in [2.05, 4.69) is 46.4 Å². The highest BCUT2D eigenvalue weighted by Gasteiger charge is 2.26. The Morgan fingerprint density at radius 3 is 2.80 bits per heavy atom. The van der Waals surface area contributed by atoms with Crippen molar-refractivity contribution in [2.45, 2.75) is 57.5 Å². The number of hydrogen-bond donors (Lipinski definition) is 1. The summed E-state index contributed by atoms with van der Waals surface area (Å²) in [5, 5.41) is 3.87. The van der Waals surface area contributed by atoms with Crippen molar-refractivity contribution in [3.8, 4) is 5.75 Å². The summed E-state index contributed by atoms with van der Waals surface area (Å²) in [6, 6.07) is 7.39. The maximum Gasteiger partial charge on any atom is 0.124 e. The van der Waals surface area contributed by atoms with Gasteiger partial charge in [0.25, 0.3) is 0 Å². The lowest BCUT2D eigenvalue weighted by Crippen LogP contribution is -2.39. The average Bonchev–Trinajstić information content (AvgIpc) is 2.49. The Labute approximate surface area is 130 Å². The van der Waals surface area contributed by atoms with Gasteiger partial charge in [-0.15, -0.1) is 0 Å². The summed E-state index contributed by atoms with van der Waals surface area (Å²) in [5.41, 5.74) is 1.31. The van der Waals surface area contributed by atoms with Crippen molar-refractivity contribution in [2.75, 3.05) is 6.61 Å². The Balaban J connectivity index is 1.70. The fourth-order valence-electron chi connectivity index (χ4n) is 3.63. The van der Waals surface area contributed by atoms with Gasteiger partial charge in [-0.25, -0.2) is 0 Å². The van der Waals surface area contributed by atoms with E-state index in [1.807, 2.05) is 0 Å². The molecule has 1 aromatic carbocycles. The molecule has 0 spiro atoms. The third-order valence-corrected chi connectivity index (χ3v) is 5.33. The molecule has 2 unspecified atom stereocenters. The summed E-state index contributed by atoms with van der Waals surface area (Å²) < 4.78 is 6.91. The number of benzene rings is 1. The molecule has 0 radical (unpaired) electrons. The zero-order chi connectivity index (χ0) is 13.9. The van der Waals surface area contributed by atoms with Crippen LogP contribution in [0.15, 0.2) is 22.7 Å². The Morgan fingerprint density at radius 2 is 2.00 bits per heavy atom. The standard InChI is InChI=1S/C17H24BrNO/c1-12(13-5-3-2-4-6-13)19-16-9-10-20-17-8-7-14(18)11-15(16)17/h7-8,11-13,16,19H,2-6,9-10H2,1H3. The van der Waals surface area contributed by atoms with Gasteiger partial charge in [0.2, 0.25) is 0 Å². The third kappa shape index (κ3) is 3.20. The lowest BCUT2D eigenvalue weighted by Gasteiger charge is -2.34. The van der Waals surface area contributed by atoms with E-state index in [0.29, 0.717) is 12.1 Å². The number of nitrogens with one attached hydrogen (secondary N) is 1. The van der Waals surface area contributed by atoms with Gasteiger partial charge >= 0.3 is 0 Å². The number of hydrogen-bond acceptors (Lipinski definition) is 2. The van der Waals surface area contributed by atoms with Crippen molar-refractivity contribution in [1.29, 1.82) is 0 Å². The van der Waals surface area contributed by atoms with Gasteiger partial charge in [-0.05, 0) is 43.9 Å². The Morgan fingerprint density at radius 1 is 1.20 bits per heavy atom. The first-order valence-electron chi connectivity index (χ1n) is 7.92. The number of ether oxygens (including phenoxy) is 1. The molecule has 1 aliphatic heterocycles. The molecule has 2 nitrogen and oxygen atoms in total. The summed E-state index contributed by atoms with van der Waals surface area (Å²) in [7, 11) is 0. The second-order valence-corrected chi connectivity index (χ2v) is 7.14. The van der Waals surface area contributed by atoms with Crippen LogP contribution in [0.4, 0.5) is 0 Å². The smallest absolute Gasteiger partial charge is 0.124 e. The molecule has 0 amide bonds. The number of halogens is 1. The quantitative estimate of drug-likeness (QED) is 0.852. The number of rotatable bonds is 3. The highest BCUT2D eigenvalue weighted by Crippen LogP contribution is 2.35. The molecule has 3 rings (SSSR count). The molecular weight excluding hydrogens is 314 g/mol. The lowest BCUT2D eigenvalue weighted by molar-refractivity contribution is 0.216. The third-order valence-electron chi connectivity index (χ3n) is 4.83.